The molecule has 0 bridgehead atoms. The fourth-order valence-corrected chi connectivity index (χ4v) is 3.23. The van der Waals surface area contributed by atoms with E-state index < -0.39 is 29.1 Å². The Balaban J connectivity index is 2.24. The van der Waals surface area contributed by atoms with E-state index in [-0.39, 0.29) is 21.7 Å². The maximum Gasteiger partial charge on any atom is 0.408 e. The molecule has 9 heteroatoms. The van der Waals surface area contributed by atoms with E-state index >= 15 is 0 Å². The summed E-state index contributed by atoms with van der Waals surface area (Å²) in [4.78, 5) is 34.3. The van der Waals surface area contributed by atoms with Crippen molar-refractivity contribution < 1.29 is 13.9 Å². The van der Waals surface area contributed by atoms with Crippen LogP contribution in [0.2, 0.25) is 5.02 Å². The van der Waals surface area contributed by atoms with Crippen LogP contribution in [0.4, 0.5) is 9.18 Å². The summed E-state index contributed by atoms with van der Waals surface area (Å²) in [5.74, 6) is -0.484. The molecule has 0 saturated heterocycles. The van der Waals surface area contributed by atoms with Crippen molar-refractivity contribution in [3.05, 3.63) is 63.2 Å². The lowest BCUT2D eigenvalue weighted by atomic mass is 10.1. The number of ether oxygens (including phenoxy) is 1. The highest BCUT2D eigenvalue weighted by molar-refractivity contribution is 6.35. The van der Waals surface area contributed by atoms with Gasteiger partial charge in [0.1, 0.15) is 17.2 Å². The number of aryl methyl sites for hydroxylation is 1. The minimum absolute atomic E-state index is 0.0480. The van der Waals surface area contributed by atoms with Gasteiger partial charge in [0.2, 0.25) is 0 Å². The largest absolute Gasteiger partial charge is 0.444 e. The van der Waals surface area contributed by atoms with Crippen molar-refractivity contribution in [2.75, 3.05) is 0 Å². The third-order valence-corrected chi connectivity index (χ3v) is 4.70. The maximum absolute atomic E-state index is 14.0. The van der Waals surface area contributed by atoms with Crippen molar-refractivity contribution in [1.82, 2.24) is 19.9 Å². The van der Waals surface area contributed by atoms with Crippen molar-refractivity contribution in [2.24, 2.45) is 0 Å². The summed E-state index contributed by atoms with van der Waals surface area (Å²) in [6.45, 7) is 8.71. The van der Waals surface area contributed by atoms with Crippen LogP contribution < -0.4 is 10.9 Å². The Morgan fingerprint density at radius 2 is 2.00 bits per heavy atom. The first-order valence-corrected chi connectivity index (χ1v) is 9.68. The molecular weight excluding hydrogens is 411 g/mol. The Labute approximate surface area is 177 Å². The molecule has 0 radical (unpaired) electrons. The smallest absolute Gasteiger partial charge is 0.408 e. The lowest BCUT2D eigenvalue weighted by Gasteiger charge is -2.23. The molecule has 7 nitrogen and oxygen atoms in total. The summed E-state index contributed by atoms with van der Waals surface area (Å²) in [7, 11) is 0. The van der Waals surface area contributed by atoms with Gasteiger partial charge in [-0.1, -0.05) is 11.6 Å². The Morgan fingerprint density at radius 1 is 1.30 bits per heavy atom. The van der Waals surface area contributed by atoms with Crippen molar-refractivity contribution in [3.8, 4) is 5.69 Å². The fraction of sp³-hybridized carbons (Fsp3) is 0.333. The topological polar surface area (TPSA) is 86.1 Å². The molecule has 158 valence electrons. The highest BCUT2D eigenvalue weighted by Crippen LogP contribution is 2.26. The number of benzene rings is 1. The van der Waals surface area contributed by atoms with Crippen LogP contribution in [0.5, 0.6) is 0 Å². The number of carbonyl (C=O) groups is 1. The van der Waals surface area contributed by atoms with Gasteiger partial charge in [-0.3, -0.25) is 14.3 Å². The standard InChI is InChI=1S/C21H22ClFN4O3/c1-11-8-9-24-10-15(11)27-18(12(2)25-20(29)30-21(3,4)5)26-14-7-6-13(23)17(22)16(14)19(27)28/h6-10,12H,1-5H3,(H,25,29)/t12-/m0/s1. The Bertz CT molecular complexity index is 1190. The zero-order chi connectivity index (χ0) is 22.2. The average molecular weight is 433 g/mol. The molecule has 1 atom stereocenters. The van der Waals surface area contributed by atoms with E-state index in [1.807, 2.05) is 0 Å². The van der Waals surface area contributed by atoms with Crippen LogP contribution in [0, 0.1) is 12.7 Å². The van der Waals surface area contributed by atoms with Crippen LogP contribution in [-0.2, 0) is 4.74 Å². The van der Waals surface area contributed by atoms with E-state index in [4.69, 9.17) is 16.3 Å². The number of halogens is 2. The third-order valence-electron chi connectivity index (χ3n) is 4.33. The van der Waals surface area contributed by atoms with Gasteiger partial charge in [0.25, 0.3) is 5.56 Å². The number of aromatic nitrogens is 3. The third kappa shape index (κ3) is 4.28. The van der Waals surface area contributed by atoms with E-state index in [2.05, 4.69) is 15.3 Å². The van der Waals surface area contributed by atoms with Crippen molar-refractivity contribution in [1.29, 1.82) is 0 Å². The molecule has 0 spiro atoms. The van der Waals surface area contributed by atoms with Gasteiger partial charge < -0.3 is 10.1 Å². The lowest BCUT2D eigenvalue weighted by Crippen LogP contribution is -2.37. The zero-order valence-electron chi connectivity index (χ0n) is 17.3. The second-order valence-electron chi connectivity index (χ2n) is 7.90. The highest BCUT2D eigenvalue weighted by atomic mass is 35.5. The SMILES string of the molecule is Cc1ccncc1-n1c([C@H](C)NC(=O)OC(C)(C)C)nc2ccc(F)c(Cl)c2c1=O. The molecule has 0 aliphatic rings. The number of nitrogens with one attached hydrogen (secondary N) is 1. The van der Waals surface area contributed by atoms with E-state index in [1.165, 1.54) is 16.8 Å². The summed E-state index contributed by atoms with van der Waals surface area (Å²) in [6, 6.07) is 3.55. The molecule has 2 heterocycles. The van der Waals surface area contributed by atoms with Crippen LogP contribution in [0.15, 0.2) is 35.4 Å². The van der Waals surface area contributed by atoms with Crippen molar-refractivity contribution >= 4 is 28.6 Å². The van der Waals surface area contributed by atoms with Gasteiger partial charge >= 0.3 is 6.09 Å². The number of hydrogen-bond acceptors (Lipinski definition) is 5. The monoisotopic (exact) mass is 432 g/mol. The molecule has 0 aliphatic carbocycles. The van der Waals surface area contributed by atoms with Crippen LogP contribution in [0.25, 0.3) is 16.6 Å². The predicted molar refractivity (Wildman–Crippen MR) is 113 cm³/mol. The molecular formula is C21H22ClFN4O3. The number of hydrogen-bond donors (Lipinski definition) is 1. The van der Waals surface area contributed by atoms with E-state index in [1.54, 1.807) is 46.9 Å². The first-order valence-electron chi connectivity index (χ1n) is 9.30. The first-order chi connectivity index (χ1) is 14.0. The van der Waals surface area contributed by atoms with Gasteiger partial charge in [-0.2, -0.15) is 0 Å². The number of alkyl carbamates (subject to hydrolysis) is 1. The minimum atomic E-state index is -0.717. The van der Waals surface area contributed by atoms with E-state index in [9.17, 15) is 14.0 Å². The summed E-state index contributed by atoms with van der Waals surface area (Å²) in [5, 5.41) is 2.34. The van der Waals surface area contributed by atoms with Gasteiger partial charge in [0.05, 0.1) is 33.9 Å². The van der Waals surface area contributed by atoms with E-state index in [0.717, 1.165) is 11.6 Å². The Hall–Kier alpha value is -3.00. The molecule has 30 heavy (non-hydrogen) atoms. The minimum Gasteiger partial charge on any atom is -0.444 e. The summed E-state index contributed by atoms with van der Waals surface area (Å²) in [6.07, 6.45) is 2.43. The molecule has 1 aromatic carbocycles. The van der Waals surface area contributed by atoms with Crippen LogP contribution >= 0.6 is 11.6 Å². The second kappa shape index (κ2) is 8.02. The Kier molecular flexibility index (Phi) is 5.81. The molecule has 0 unspecified atom stereocenters. The summed E-state index contributed by atoms with van der Waals surface area (Å²) < 4.78 is 20.6. The maximum atomic E-state index is 14.0. The number of nitrogens with zero attached hydrogens (tertiary/aromatic N) is 3. The molecule has 3 aromatic rings. The molecule has 0 saturated carbocycles. The van der Waals surface area contributed by atoms with Gasteiger partial charge in [0.15, 0.2) is 0 Å². The number of fused-ring (bicyclic) bond motifs is 1. The number of amides is 1. The van der Waals surface area contributed by atoms with Crippen LogP contribution in [0.1, 0.15) is 45.1 Å². The molecule has 1 N–H and O–H groups in total. The van der Waals surface area contributed by atoms with Crippen molar-refractivity contribution in [3.63, 3.8) is 0 Å². The number of pyridine rings is 1. The predicted octanol–water partition coefficient (Wildman–Crippen LogP) is 4.47. The molecule has 0 aliphatic heterocycles. The summed E-state index contributed by atoms with van der Waals surface area (Å²) in [5.41, 5.74) is 0.160. The second-order valence-corrected chi connectivity index (χ2v) is 8.27. The van der Waals surface area contributed by atoms with Gasteiger partial charge in [-0.05, 0) is 58.4 Å². The lowest BCUT2D eigenvalue weighted by molar-refractivity contribution is 0.0505. The highest BCUT2D eigenvalue weighted by Gasteiger charge is 2.24. The molecule has 0 fully saturated rings. The van der Waals surface area contributed by atoms with Gasteiger partial charge in [0, 0.05) is 6.20 Å². The Morgan fingerprint density at radius 3 is 2.63 bits per heavy atom. The van der Waals surface area contributed by atoms with E-state index in [0.29, 0.717) is 5.69 Å². The fourth-order valence-electron chi connectivity index (χ4n) is 2.99. The number of carbonyl (C=O) groups excluding carboxylic acids is 1. The van der Waals surface area contributed by atoms with Crippen molar-refractivity contribution in [2.45, 2.75) is 46.3 Å². The number of rotatable bonds is 3. The average Bonchev–Trinajstić information content (AvgIpc) is 2.63. The molecule has 3 rings (SSSR count). The normalized spacial score (nSPS) is 12.6. The first kappa shape index (κ1) is 21.7. The zero-order valence-corrected chi connectivity index (χ0v) is 18.0. The molecule has 1 amide bonds. The van der Waals surface area contributed by atoms with Crippen LogP contribution in [0.3, 0.4) is 0 Å². The quantitative estimate of drug-likeness (QED) is 0.660. The van der Waals surface area contributed by atoms with Gasteiger partial charge in [-0.15, -0.1) is 0 Å². The van der Waals surface area contributed by atoms with Crippen LogP contribution in [-0.4, -0.2) is 26.2 Å². The summed E-state index contributed by atoms with van der Waals surface area (Å²) >= 11 is 6.09. The van der Waals surface area contributed by atoms with Gasteiger partial charge in [-0.25, -0.2) is 14.2 Å². The molecule has 2 aromatic heterocycles.